The molecular weight excluding hydrogens is 398 g/mol. The summed E-state index contributed by atoms with van der Waals surface area (Å²) in [4.78, 5) is 11.3. The third-order valence-electron chi connectivity index (χ3n) is 5.29. The van der Waals surface area contributed by atoms with Crippen molar-refractivity contribution in [2.75, 3.05) is 45.8 Å². The van der Waals surface area contributed by atoms with Gasteiger partial charge in [0.2, 0.25) is 0 Å². The third kappa shape index (κ3) is 6.26. The molecule has 0 radical (unpaired) electrons. The number of thiazole rings is 1. The first-order valence-corrected chi connectivity index (χ1v) is 11.4. The molecule has 0 unspecified atom stereocenters. The zero-order chi connectivity index (χ0) is 21.3. The summed E-state index contributed by atoms with van der Waals surface area (Å²) in [7, 11) is 5.20. The van der Waals surface area contributed by atoms with E-state index in [0.29, 0.717) is 6.04 Å². The molecule has 0 bridgehead atoms. The lowest BCUT2D eigenvalue weighted by atomic mass is 10.0. The molecule has 0 spiro atoms. The van der Waals surface area contributed by atoms with Crippen molar-refractivity contribution < 1.29 is 9.47 Å². The number of aliphatic imine (C=N–C) groups is 1. The molecule has 1 fully saturated rings. The predicted octanol–water partition coefficient (Wildman–Crippen LogP) is 3.24. The van der Waals surface area contributed by atoms with Gasteiger partial charge in [-0.1, -0.05) is 0 Å². The topological polar surface area (TPSA) is 71.0 Å². The van der Waals surface area contributed by atoms with Gasteiger partial charge in [-0.2, -0.15) is 0 Å². The van der Waals surface area contributed by atoms with Crippen LogP contribution in [0.1, 0.15) is 30.0 Å². The van der Waals surface area contributed by atoms with Gasteiger partial charge in [0.15, 0.2) is 5.96 Å². The van der Waals surface area contributed by atoms with E-state index in [0.717, 1.165) is 74.2 Å². The highest BCUT2D eigenvalue weighted by atomic mass is 32.1. The Labute approximate surface area is 183 Å². The van der Waals surface area contributed by atoms with E-state index in [9.17, 15) is 0 Å². The van der Waals surface area contributed by atoms with Gasteiger partial charge in [-0.15, -0.1) is 11.3 Å². The van der Waals surface area contributed by atoms with Crippen LogP contribution in [0.4, 0.5) is 5.69 Å². The molecule has 7 nitrogen and oxygen atoms in total. The lowest BCUT2D eigenvalue weighted by Gasteiger charge is -2.34. The number of hydrogen-bond donors (Lipinski definition) is 2. The Balaban J connectivity index is 1.43. The van der Waals surface area contributed by atoms with Gasteiger partial charge in [0, 0.05) is 74.1 Å². The van der Waals surface area contributed by atoms with Crippen molar-refractivity contribution >= 4 is 23.0 Å². The van der Waals surface area contributed by atoms with Crippen LogP contribution in [0.25, 0.3) is 0 Å². The molecule has 1 aliphatic rings. The Hall–Kier alpha value is -2.48. The van der Waals surface area contributed by atoms with Crippen molar-refractivity contribution in [1.29, 1.82) is 0 Å². The number of piperidine rings is 1. The fourth-order valence-corrected chi connectivity index (χ4v) is 4.43. The maximum atomic E-state index is 5.41. The number of rotatable bonds is 8. The zero-order valence-electron chi connectivity index (χ0n) is 18.4. The van der Waals surface area contributed by atoms with Gasteiger partial charge in [-0.3, -0.25) is 4.99 Å². The molecule has 2 N–H and O–H groups in total. The van der Waals surface area contributed by atoms with Gasteiger partial charge < -0.3 is 25.0 Å². The fourth-order valence-electron chi connectivity index (χ4n) is 3.61. The second-order valence-corrected chi connectivity index (χ2v) is 8.40. The molecule has 0 saturated carbocycles. The van der Waals surface area contributed by atoms with Crippen LogP contribution in [-0.4, -0.2) is 57.9 Å². The van der Waals surface area contributed by atoms with Crippen molar-refractivity contribution in [3.05, 3.63) is 34.3 Å². The number of benzene rings is 1. The first-order valence-electron chi connectivity index (χ1n) is 10.5. The maximum absolute atomic E-state index is 5.41. The molecule has 3 rings (SSSR count). The van der Waals surface area contributed by atoms with E-state index in [4.69, 9.17) is 9.47 Å². The Morgan fingerprint density at radius 1 is 1.20 bits per heavy atom. The van der Waals surface area contributed by atoms with Crippen molar-refractivity contribution in [2.45, 2.75) is 38.6 Å². The van der Waals surface area contributed by atoms with E-state index in [1.807, 2.05) is 20.0 Å². The molecular formula is C22H33N5O2S. The number of nitrogens with zero attached hydrogens (tertiary/aromatic N) is 3. The van der Waals surface area contributed by atoms with Crippen molar-refractivity contribution in [3.8, 4) is 11.5 Å². The molecule has 0 atom stereocenters. The van der Waals surface area contributed by atoms with E-state index in [1.54, 1.807) is 25.6 Å². The summed E-state index contributed by atoms with van der Waals surface area (Å²) >= 11 is 1.74. The molecule has 1 saturated heterocycles. The number of nitrogens with one attached hydrogen (secondary N) is 2. The standard InChI is InChI=1S/C22H33N5O2S/c1-16-15-30-21(25-16)6-5-9-24-22(23-2)26-17-7-10-27(11-8-17)18-12-19(28-3)14-20(13-18)29-4/h12-15,17H,5-11H2,1-4H3,(H2,23,24,26). The van der Waals surface area contributed by atoms with Crippen LogP contribution in [0.5, 0.6) is 11.5 Å². The summed E-state index contributed by atoms with van der Waals surface area (Å²) in [5.74, 6) is 2.52. The van der Waals surface area contributed by atoms with E-state index < -0.39 is 0 Å². The van der Waals surface area contributed by atoms with Crippen LogP contribution >= 0.6 is 11.3 Å². The third-order valence-corrected chi connectivity index (χ3v) is 6.31. The Morgan fingerprint density at radius 3 is 2.47 bits per heavy atom. The number of anilines is 1. The minimum Gasteiger partial charge on any atom is -0.497 e. The molecule has 8 heteroatoms. The zero-order valence-corrected chi connectivity index (χ0v) is 19.2. The second kappa shape index (κ2) is 11.1. The van der Waals surface area contributed by atoms with Crippen LogP contribution in [0.15, 0.2) is 28.6 Å². The second-order valence-electron chi connectivity index (χ2n) is 7.46. The summed E-state index contributed by atoms with van der Waals surface area (Å²) in [5, 5.41) is 10.3. The highest BCUT2D eigenvalue weighted by molar-refractivity contribution is 7.09. The average molecular weight is 432 g/mol. The van der Waals surface area contributed by atoms with Crippen LogP contribution in [-0.2, 0) is 6.42 Å². The molecule has 0 aliphatic carbocycles. The lowest BCUT2D eigenvalue weighted by molar-refractivity contribution is 0.393. The molecule has 1 aromatic carbocycles. The largest absolute Gasteiger partial charge is 0.497 e. The minimum absolute atomic E-state index is 0.418. The SMILES string of the molecule is CN=C(NCCCc1nc(C)cs1)NC1CCN(c2cc(OC)cc(OC)c2)CC1. The normalized spacial score (nSPS) is 15.2. The summed E-state index contributed by atoms with van der Waals surface area (Å²) in [6.07, 6.45) is 4.16. The minimum atomic E-state index is 0.418. The molecule has 1 aromatic heterocycles. The monoisotopic (exact) mass is 431 g/mol. The molecule has 0 amide bonds. The number of aryl methyl sites for hydroxylation is 2. The van der Waals surface area contributed by atoms with Crippen LogP contribution in [0.2, 0.25) is 0 Å². The Bertz CT molecular complexity index is 808. The van der Waals surface area contributed by atoms with Crippen molar-refractivity contribution in [1.82, 2.24) is 15.6 Å². The van der Waals surface area contributed by atoms with Gasteiger partial charge in [-0.05, 0) is 26.2 Å². The van der Waals surface area contributed by atoms with Gasteiger partial charge in [-0.25, -0.2) is 4.98 Å². The number of aromatic nitrogens is 1. The van der Waals surface area contributed by atoms with Crippen LogP contribution < -0.4 is 25.0 Å². The highest BCUT2D eigenvalue weighted by Gasteiger charge is 2.21. The number of methoxy groups -OCH3 is 2. The van der Waals surface area contributed by atoms with E-state index >= 15 is 0 Å². The van der Waals surface area contributed by atoms with Gasteiger partial charge in [0.1, 0.15) is 11.5 Å². The summed E-state index contributed by atoms with van der Waals surface area (Å²) in [6, 6.07) is 6.46. The molecule has 2 aromatic rings. The molecule has 30 heavy (non-hydrogen) atoms. The smallest absolute Gasteiger partial charge is 0.191 e. The molecule has 164 valence electrons. The predicted molar refractivity (Wildman–Crippen MR) is 124 cm³/mol. The first-order chi connectivity index (χ1) is 14.6. The molecule has 2 heterocycles. The van der Waals surface area contributed by atoms with Crippen LogP contribution in [0.3, 0.4) is 0 Å². The summed E-state index contributed by atoms with van der Waals surface area (Å²) in [5.41, 5.74) is 2.25. The number of guanidine groups is 1. The fraction of sp³-hybridized carbons (Fsp3) is 0.545. The van der Waals surface area contributed by atoms with E-state index in [2.05, 4.69) is 43.0 Å². The van der Waals surface area contributed by atoms with E-state index in [-0.39, 0.29) is 0 Å². The van der Waals surface area contributed by atoms with Gasteiger partial charge in [0.05, 0.1) is 19.2 Å². The maximum Gasteiger partial charge on any atom is 0.191 e. The Kier molecular flexibility index (Phi) is 8.19. The van der Waals surface area contributed by atoms with Crippen LogP contribution in [0, 0.1) is 6.92 Å². The van der Waals surface area contributed by atoms with Gasteiger partial charge >= 0.3 is 0 Å². The quantitative estimate of drug-likeness (QED) is 0.380. The van der Waals surface area contributed by atoms with Crippen molar-refractivity contribution in [2.24, 2.45) is 4.99 Å². The van der Waals surface area contributed by atoms with E-state index in [1.165, 1.54) is 5.01 Å². The number of hydrogen-bond acceptors (Lipinski definition) is 6. The van der Waals surface area contributed by atoms with Crippen molar-refractivity contribution in [3.63, 3.8) is 0 Å². The first kappa shape index (κ1) is 22.2. The lowest BCUT2D eigenvalue weighted by Crippen LogP contribution is -2.49. The summed E-state index contributed by atoms with van der Waals surface area (Å²) < 4.78 is 10.8. The molecule has 1 aliphatic heterocycles. The summed E-state index contributed by atoms with van der Waals surface area (Å²) in [6.45, 7) is 4.89. The average Bonchev–Trinajstić information content (AvgIpc) is 3.20. The highest BCUT2D eigenvalue weighted by Crippen LogP contribution is 2.30. The Morgan fingerprint density at radius 2 is 1.90 bits per heavy atom. The number of ether oxygens (including phenoxy) is 2. The van der Waals surface area contributed by atoms with Gasteiger partial charge in [0.25, 0.3) is 0 Å².